The summed E-state index contributed by atoms with van der Waals surface area (Å²) in [6, 6.07) is 6.03. The van der Waals surface area contributed by atoms with Crippen LogP contribution in [0.3, 0.4) is 0 Å². The van der Waals surface area contributed by atoms with E-state index in [1.165, 1.54) is 0 Å². The molecule has 82 valence electrons. The number of carbonyl (C=O) groups is 1. The van der Waals surface area contributed by atoms with Crippen LogP contribution in [0.2, 0.25) is 0 Å². The van der Waals surface area contributed by atoms with Crippen LogP contribution < -0.4 is 5.32 Å². The first-order valence-corrected chi connectivity index (χ1v) is 5.37. The van der Waals surface area contributed by atoms with Crippen LogP contribution in [0, 0.1) is 0 Å². The topological polar surface area (TPSA) is 42.0 Å². The third kappa shape index (κ3) is 4.70. The van der Waals surface area contributed by atoms with Crippen LogP contribution in [0.4, 0.5) is 0 Å². The fourth-order valence-corrected chi connectivity index (χ4v) is 1.20. The van der Waals surface area contributed by atoms with Crippen molar-refractivity contribution in [3.8, 4) is 0 Å². The first kappa shape index (κ1) is 11.9. The van der Waals surface area contributed by atoms with Crippen molar-refractivity contribution in [1.29, 1.82) is 0 Å². The zero-order chi connectivity index (χ0) is 11.1. The number of rotatable bonds is 6. The molecule has 3 nitrogen and oxygen atoms in total. The number of pyridine rings is 1. The van der Waals surface area contributed by atoms with Gasteiger partial charge in [0.2, 0.25) is 0 Å². The summed E-state index contributed by atoms with van der Waals surface area (Å²) < 4.78 is 0. The minimum Gasteiger partial charge on any atom is -0.307 e. The monoisotopic (exact) mass is 206 g/mol. The molecule has 0 spiro atoms. The zero-order valence-electron chi connectivity index (χ0n) is 9.36. The Morgan fingerprint density at radius 1 is 1.53 bits per heavy atom. The number of aromatic nitrogens is 1. The highest BCUT2D eigenvalue weighted by Gasteiger charge is 2.05. The average Bonchev–Trinajstić information content (AvgIpc) is 2.27. The summed E-state index contributed by atoms with van der Waals surface area (Å²) in [5.41, 5.74) is 0.841. The normalized spacial score (nSPS) is 12.4. The lowest BCUT2D eigenvalue weighted by molar-refractivity contribution is -0.117. The Bertz CT molecular complexity index is 298. The fraction of sp³-hybridized carbons (Fsp3) is 0.500. The summed E-state index contributed by atoms with van der Waals surface area (Å²) in [7, 11) is 0. The Morgan fingerprint density at radius 2 is 2.33 bits per heavy atom. The van der Waals surface area contributed by atoms with Gasteiger partial charge in [0, 0.05) is 17.9 Å². The summed E-state index contributed by atoms with van der Waals surface area (Å²) >= 11 is 0. The van der Waals surface area contributed by atoms with E-state index < -0.39 is 0 Å². The Kier molecular flexibility index (Phi) is 4.98. The van der Waals surface area contributed by atoms with Gasteiger partial charge >= 0.3 is 0 Å². The molecular formula is C12H18N2O. The predicted octanol–water partition coefficient (Wildman–Crippen LogP) is 1.58. The Labute approximate surface area is 90.9 Å². The van der Waals surface area contributed by atoms with E-state index in [-0.39, 0.29) is 5.78 Å². The molecule has 1 atom stereocenters. The molecule has 1 N–H and O–H groups in total. The summed E-state index contributed by atoms with van der Waals surface area (Å²) in [6.07, 6.45) is 3.17. The lowest BCUT2D eigenvalue weighted by Gasteiger charge is -2.09. The molecule has 15 heavy (non-hydrogen) atoms. The number of hydrogen-bond acceptors (Lipinski definition) is 3. The van der Waals surface area contributed by atoms with E-state index in [4.69, 9.17) is 0 Å². The van der Waals surface area contributed by atoms with Gasteiger partial charge in [-0.1, -0.05) is 13.0 Å². The lowest BCUT2D eigenvalue weighted by Crippen LogP contribution is -2.31. The minimum absolute atomic E-state index is 0.189. The van der Waals surface area contributed by atoms with E-state index in [1.807, 2.05) is 18.2 Å². The maximum Gasteiger partial charge on any atom is 0.152 e. The quantitative estimate of drug-likeness (QED) is 0.768. The molecule has 0 radical (unpaired) electrons. The van der Waals surface area contributed by atoms with Gasteiger partial charge in [-0.05, 0) is 25.5 Å². The van der Waals surface area contributed by atoms with Gasteiger partial charge in [0.1, 0.15) is 0 Å². The molecule has 1 heterocycles. The summed E-state index contributed by atoms with van der Waals surface area (Å²) in [4.78, 5) is 15.6. The maximum atomic E-state index is 11.5. The lowest BCUT2D eigenvalue weighted by atomic mass is 10.2. The highest BCUT2D eigenvalue weighted by atomic mass is 16.1. The maximum absolute atomic E-state index is 11.5. The van der Waals surface area contributed by atoms with Crippen molar-refractivity contribution >= 4 is 5.78 Å². The van der Waals surface area contributed by atoms with Gasteiger partial charge in [-0.2, -0.15) is 0 Å². The van der Waals surface area contributed by atoms with Crippen molar-refractivity contribution in [3.05, 3.63) is 30.1 Å². The largest absolute Gasteiger partial charge is 0.307 e. The van der Waals surface area contributed by atoms with E-state index >= 15 is 0 Å². The molecule has 1 aromatic rings. The number of nitrogens with zero attached hydrogens (tertiary/aromatic N) is 1. The third-order valence-corrected chi connectivity index (χ3v) is 2.36. The molecule has 0 bridgehead atoms. The number of ketones is 1. The van der Waals surface area contributed by atoms with Gasteiger partial charge in [0.05, 0.1) is 13.0 Å². The molecule has 0 aliphatic heterocycles. The highest BCUT2D eigenvalue weighted by Crippen LogP contribution is 1.95. The number of Topliss-reactive ketones (excluding diaryl/α,β-unsaturated/α-hetero) is 1. The fourth-order valence-electron chi connectivity index (χ4n) is 1.20. The van der Waals surface area contributed by atoms with E-state index in [2.05, 4.69) is 24.1 Å². The summed E-state index contributed by atoms with van der Waals surface area (Å²) in [6.45, 7) is 4.61. The molecule has 0 saturated heterocycles. The second-order valence-corrected chi connectivity index (χ2v) is 3.73. The molecule has 1 unspecified atom stereocenters. The Morgan fingerprint density at radius 3 is 2.93 bits per heavy atom. The Balaban J connectivity index is 2.31. The molecule has 0 aliphatic rings. The first-order valence-electron chi connectivity index (χ1n) is 5.37. The number of nitrogens with one attached hydrogen (secondary N) is 1. The van der Waals surface area contributed by atoms with Gasteiger partial charge in [0.15, 0.2) is 5.78 Å². The van der Waals surface area contributed by atoms with E-state index in [9.17, 15) is 4.79 Å². The standard InChI is InChI=1S/C12H18N2O/c1-3-10(2)14-9-12(15)8-11-6-4-5-7-13-11/h4-7,10,14H,3,8-9H2,1-2H3. The van der Waals surface area contributed by atoms with Crippen molar-refractivity contribution in [2.24, 2.45) is 0 Å². The minimum atomic E-state index is 0.189. The van der Waals surface area contributed by atoms with Crippen molar-refractivity contribution < 1.29 is 4.79 Å². The van der Waals surface area contributed by atoms with Crippen LogP contribution in [-0.4, -0.2) is 23.4 Å². The number of carbonyl (C=O) groups excluding carboxylic acids is 1. The molecule has 0 aliphatic carbocycles. The molecule has 3 heteroatoms. The predicted molar refractivity (Wildman–Crippen MR) is 60.7 cm³/mol. The SMILES string of the molecule is CCC(C)NCC(=O)Cc1ccccn1. The Hall–Kier alpha value is -1.22. The molecule has 0 saturated carbocycles. The number of hydrogen-bond donors (Lipinski definition) is 1. The van der Waals surface area contributed by atoms with Gasteiger partial charge < -0.3 is 5.32 Å². The molecule has 1 rings (SSSR count). The summed E-state index contributed by atoms with van der Waals surface area (Å²) in [5, 5.41) is 3.17. The van der Waals surface area contributed by atoms with Crippen LogP contribution in [0.25, 0.3) is 0 Å². The first-order chi connectivity index (χ1) is 7.22. The highest BCUT2D eigenvalue weighted by molar-refractivity contribution is 5.82. The third-order valence-electron chi connectivity index (χ3n) is 2.36. The van der Waals surface area contributed by atoms with Crippen molar-refractivity contribution in [2.45, 2.75) is 32.7 Å². The van der Waals surface area contributed by atoms with Gasteiger partial charge in [-0.3, -0.25) is 9.78 Å². The van der Waals surface area contributed by atoms with Gasteiger partial charge in [-0.25, -0.2) is 0 Å². The van der Waals surface area contributed by atoms with Crippen molar-refractivity contribution in [2.75, 3.05) is 6.54 Å². The van der Waals surface area contributed by atoms with Crippen LogP contribution in [-0.2, 0) is 11.2 Å². The zero-order valence-corrected chi connectivity index (χ0v) is 9.36. The summed E-state index contributed by atoms with van der Waals surface area (Å²) in [5.74, 6) is 0.189. The smallest absolute Gasteiger partial charge is 0.152 e. The molecule has 0 aromatic carbocycles. The van der Waals surface area contributed by atoms with Gasteiger partial charge in [-0.15, -0.1) is 0 Å². The average molecular weight is 206 g/mol. The van der Waals surface area contributed by atoms with Gasteiger partial charge in [0.25, 0.3) is 0 Å². The molecule has 0 amide bonds. The van der Waals surface area contributed by atoms with E-state index in [1.54, 1.807) is 6.20 Å². The molecule has 0 fully saturated rings. The van der Waals surface area contributed by atoms with Crippen LogP contribution in [0.5, 0.6) is 0 Å². The second kappa shape index (κ2) is 6.30. The van der Waals surface area contributed by atoms with E-state index in [0.29, 0.717) is 19.0 Å². The van der Waals surface area contributed by atoms with Crippen LogP contribution in [0.15, 0.2) is 24.4 Å². The van der Waals surface area contributed by atoms with E-state index in [0.717, 1.165) is 12.1 Å². The van der Waals surface area contributed by atoms with Crippen molar-refractivity contribution in [1.82, 2.24) is 10.3 Å². The molecule has 1 aromatic heterocycles. The van der Waals surface area contributed by atoms with Crippen LogP contribution >= 0.6 is 0 Å². The van der Waals surface area contributed by atoms with Crippen LogP contribution in [0.1, 0.15) is 26.0 Å². The second-order valence-electron chi connectivity index (χ2n) is 3.73. The van der Waals surface area contributed by atoms with Crippen molar-refractivity contribution in [3.63, 3.8) is 0 Å². The molecular weight excluding hydrogens is 188 g/mol.